The van der Waals surface area contributed by atoms with E-state index in [1.54, 1.807) is 11.8 Å². The summed E-state index contributed by atoms with van der Waals surface area (Å²) in [5.41, 5.74) is 0. The van der Waals surface area contributed by atoms with Gasteiger partial charge in [0.05, 0.1) is 7.18 Å². The summed E-state index contributed by atoms with van der Waals surface area (Å²) in [6.07, 6.45) is -1.25. The van der Waals surface area contributed by atoms with E-state index in [4.69, 9.17) is 0 Å². The maximum absolute atomic E-state index is 11.5. The Balaban J connectivity index is -0.0000000879. The molecular formula is C10H22F6S. The molecule has 0 atom stereocenters. The summed E-state index contributed by atoms with van der Waals surface area (Å²) in [5.74, 6) is -4.52. The van der Waals surface area contributed by atoms with Crippen molar-refractivity contribution in [1.29, 1.82) is 0 Å². The molecule has 0 fully saturated rings. The fraction of sp³-hybridized carbons (Fsp3) is 1.00. The molecule has 0 N–H and O–H groups in total. The van der Waals surface area contributed by atoms with Crippen molar-refractivity contribution in [2.24, 2.45) is 0 Å². The summed E-state index contributed by atoms with van der Waals surface area (Å²) >= 11 is 1.75. The second kappa shape index (κ2) is 15.9. The van der Waals surface area contributed by atoms with Crippen LogP contribution in [0.3, 0.4) is 0 Å². The zero-order valence-electron chi connectivity index (χ0n) is 11.1. The highest BCUT2D eigenvalue weighted by Crippen LogP contribution is 2.37. The Bertz CT molecular complexity index is 122. The van der Waals surface area contributed by atoms with Crippen molar-refractivity contribution >= 4 is 11.8 Å². The molecule has 0 rings (SSSR count). The molecule has 0 aliphatic heterocycles. The van der Waals surface area contributed by atoms with Crippen LogP contribution in [0.1, 0.15) is 33.6 Å². The van der Waals surface area contributed by atoms with Gasteiger partial charge in [-0.2, -0.15) is 33.7 Å². The lowest BCUT2D eigenvalue weighted by Crippen LogP contribution is -2.35. The molecule has 0 saturated carbocycles. The van der Waals surface area contributed by atoms with Crippen molar-refractivity contribution in [1.82, 2.24) is 0 Å². The van der Waals surface area contributed by atoms with E-state index in [2.05, 4.69) is 13.8 Å². The van der Waals surface area contributed by atoms with Crippen LogP contribution in [0.5, 0.6) is 0 Å². The van der Waals surface area contributed by atoms with Gasteiger partial charge in [0.2, 0.25) is 0 Å². The highest BCUT2D eigenvalue weighted by Gasteiger charge is 2.55. The second-order valence-corrected chi connectivity index (χ2v) is 3.49. The third-order valence-corrected chi connectivity index (χ3v) is 0.859. The highest BCUT2D eigenvalue weighted by molar-refractivity contribution is 7.97. The van der Waals surface area contributed by atoms with E-state index in [0.717, 1.165) is 6.92 Å². The molecule has 0 aliphatic rings. The Morgan fingerprint density at radius 1 is 0.824 bits per heavy atom. The van der Waals surface area contributed by atoms with Crippen LogP contribution in [-0.4, -0.2) is 31.8 Å². The van der Waals surface area contributed by atoms with Crippen LogP contribution >= 0.6 is 11.8 Å². The summed E-state index contributed by atoms with van der Waals surface area (Å²) < 4.78 is 65.8. The third kappa shape index (κ3) is 21.7. The molecule has 0 heterocycles. The first-order valence-electron chi connectivity index (χ1n) is 4.86. The van der Waals surface area contributed by atoms with Crippen molar-refractivity contribution in [3.05, 3.63) is 0 Å². The summed E-state index contributed by atoms with van der Waals surface area (Å²) in [6.45, 7) is 5.04. The number of thioether (sulfide) groups is 1. The number of alkyl halides is 6. The number of hydrogen-bond acceptors (Lipinski definition) is 1. The van der Waals surface area contributed by atoms with Crippen molar-refractivity contribution in [3.63, 3.8) is 0 Å². The van der Waals surface area contributed by atoms with Crippen LogP contribution in [0.2, 0.25) is 0 Å². The van der Waals surface area contributed by atoms with Crippen LogP contribution in [0, 0.1) is 0 Å². The summed E-state index contributed by atoms with van der Waals surface area (Å²) in [7, 11) is 0.500. The number of rotatable bonds is 1. The Hall–Kier alpha value is -0.0700. The van der Waals surface area contributed by atoms with Crippen molar-refractivity contribution < 1.29 is 26.3 Å². The molecule has 0 nitrogen and oxygen atoms in total. The topological polar surface area (TPSA) is 0 Å². The van der Waals surface area contributed by atoms with Gasteiger partial charge in [0.1, 0.15) is 0 Å². The molecule has 0 amide bonds. The van der Waals surface area contributed by atoms with Crippen LogP contribution < -0.4 is 0 Å². The molecule has 0 aliphatic carbocycles. The molecule has 110 valence electrons. The maximum atomic E-state index is 11.5. The first-order valence-corrected chi connectivity index (χ1v) is 6.50. The lowest BCUT2D eigenvalue weighted by atomic mass is 10.2. The quantitative estimate of drug-likeness (QED) is 0.568. The Morgan fingerprint density at radius 3 is 1.00 bits per heavy atom. The van der Waals surface area contributed by atoms with E-state index in [-0.39, 0.29) is 0 Å². The number of halogens is 6. The molecule has 0 spiro atoms. The lowest BCUT2D eigenvalue weighted by molar-refractivity contribution is -0.282. The predicted octanol–water partition coefficient (Wildman–Crippen LogP) is 5.58. The van der Waals surface area contributed by atoms with Gasteiger partial charge in [-0.15, -0.1) is 0 Å². The molecule has 0 aromatic rings. The molecule has 0 saturated heterocycles. The Labute approximate surface area is 104 Å². The molecule has 0 bridgehead atoms. The van der Waals surface area contributed by atoms with Gasteiger partial charge in [0.25, 0.3) is 0 Å². The average Bonchev–Trinajstić information content (AvgIpc) is 2.21. The minimum absolute atomic E-state index is 0.500. The molecule has 0 aromatic carbocycles. The summed E-state index contributed by atoms with van der Waals surface area (Å²) in [6, 6.07) is 0. The minimum atomic E-state index is -5.39. The normalized spacial score (nSPS) is 9.88. The van der Waals surface area contributed by atoms with Crippen LogP contribution in [0.15, 0.2) is 0 Å². The summed E-state index contributed by atoms with van der Waals surface area (Å²) in [4.78, 5) is 0. The second-order valence-electron chi connectivity index (χ2n) is 2.67. The third-order valence-electron chi connectivity index (χ3n) is 0.859. The van der Waals surface area contributed by atoms with Gasteiger partial charge in [-0.25, -0.2) is 0 Å². The van der Waals surface area contributed by atoms with Gasteiger partial charge < -0.3 is 0 Å². The molecule has 0 aromatic heterocycles. The van der Waals surface area contributed by atoms with Crippen LogP contribution in [-0.2, 0) is 0 Å². The zero-order chi connectivity index (χ0) is 15.1. The Morgan fingerprint density at radius 2 is 1.00 bits per heavy atom. The van der Waals surface area contributed by atoms with Gasteiger partial charge >= 0.3 is 12.1 Å². The smallest absolute Gasteiger partial charge is 0.255 e. The van der Waals surface area contributed by atoms with Gasteiger partial charge in [-0.1, -0.05) is 27.2 Å². The van der Waals surface area contributed by atoms with Crippen molar-refractivity contribution in [2.45, 2.75) is 45.7 Å². The van der Waals surface area contributed by atoms with E-state index in [9.17, 15) is 26.3 Å². The van der Waals surface area contributed by atoms with Gasteiger partial charge in [0, 0.05) is 6.42 Å². The minimum Gasteiger partial charge on any atom is -0.255 e. The zero-order valence-corrected chi connectivity index (χ0v) is 11.9. The standard InChI is InChI=1S/C4H5F5.C3H8.C2H6S.CH3F/c1-2-3(5,6)4(7,8)9;2*1-3-2;1-2/h2H2,1H3;3H2,1-2H3;1-2H3;1H3. The lowest BCUT2D eigenvalue weighted by Gasteiger charge is -2.16. The Kier molecular flexibility index (Phi) is 24.1. The number of hydrogen-bond donors (Lipinski definition) is 0. The van der Waals surface area contributed by atoms with Crippen LogP contribution in [0.4, 0.5) is 26.3 Å². The van der Waals surface area contributed by atoms with Crippen molar-refractivity contribution in [2.75, 3.05) is 19.7 Å². The maximum Gasteiger partial charge on any atom is 0.453 e. The first-order chi connectivity index (χ1) is 7.64. The highest BCUT2D eigenvalue weighted by atomic mass is 32.2. The monoisotopic (exact) mass is 288 g/mol. The fourth-order valence-corrected chi connectivity index (χ4v) is 0.200. The molecule has 0 radical (unpaired) electrons. The fourth-order valence-electron chi connectivity index (χ4n) is 0.200. The van der Waals surface area contributed by atoms with E-state index >= 15 is 0 Å². The van der Waals surface area contributed by atoms with E-state index < -0.39 is 18.5 Å². The van der Waals surface area contributed by atoms with Crippen LogP contribution in [0.25, 0.3) is 0 Å². The molecule has 17 heavy (non-hydrogen) atoms. The molecule has 7 heteroatoms. The SMILES string of the molecule is CCC.CCC(F)(F)C(F)(F)F.CF.CSC. The van der Waals surface area contributed by atoms with Crippen molar-refractivity contribution in [3.8, 4) is 0 Å². The van der Waals surface area contributed by atoms with E-state index in [1.807, 2.05) is 12.5 Å². The van der Waals surface area contributed by atoms with Gasteiger partial charge in [-0.05, 0) is 12.5 Å². The average molecular weight is 288 g/mol. The van der Waals surface area contributed by atoms with Gasteiger partial charge in [-0.3, -0.25) is 4.39 Å². The first kappa shape index (κ1) is 25.7. The van der Waals surface area contributed by atoms with Gasteiger partial charge in [0.15, 0.2) is 0 Å². The molecule has 0 unspecified atom stereocenters. The predicted molar refractivity (Wildman–Crippen MR) is 63.7 cm³/mol. The van der Waals surface area contributed by atoms with E-state index in [0.29, 0.717) is 7.18 Å². The van der Waals surface area contributed by atoms with E-state index in [1.165, 1.54) is 6.42 Å². The summed E-state index contributed by atoms with van der Waals surface area (Å²) in [5, 5.41) is 0. The largest absolute Gasteiger partial charge is 0.453 e. The molecular weight excluding hydrogens is 266 g/mol.